The predicted molar refractivity (Wildman–Crippen MR) is 97.7 cm³/mol. The number of Topliss-reactive ketones (excluding diaryl/α,β-unsaturated/α-hetero) is 1. The quantitative estimate of drug-likeness (QED) is 0.829. The van der Waals surface area contributed by atoms with E-state index in [0.717, 1.165) is 0 Å². The Morgan fingerprint density at radius 3 is 2.23 bits per heavy atom. The predicted octanol–water partition coefficient (Wildman–Crippen LogP) is 1.84. The summed E-state index contributed by atoms with van der Waals surface area (Å²) in [4.78, 5) is 38.9. The molecule has 1 heterocycles. The molecule has 0 radical (unpaired) electrons. The Hall–Kier alpha value is -2.44. The summed E-state index contributed by atoms with van der Waals surface area (Å²) < 4.78 is 14.3. The molecule has 26 heavy (non-hydrogen) atoms. The van der Waals surface area contributed by atoms with Gasteiger partial charge in [0.1, 0.15) is 5.82 Å². The Morgan fingerprint density at radius 2 is 1.73 bits per heavy atom. The van der Waals surface area contributed by atoms with Crippen molar-refractivity contribution in [2.24, 2.45) is 5.41 Å². The average molecular weight is 363 g/mol. The first-order chi connectivity index (χ1) is 12.1. The number of hydrogen-bond donors (Lipinski definition) is 1. The highest BCUT2D eigenvalue weighted by molar-refractivity contribution is 5.94. The number of nitrogens with zero attached hydrogens (tertiary/aromatic N) is 2. The topological polar surface area (TPSA) is 69.7 Å². The molecule has 1 fully saturated rings. The number of piperazine rings is 1. The second-order valence-corrected chi connectivity index (χ2v) is 7.52. The molecule has 0 aromatic heterocycles. The fourth-order valence-corrected chi connectivity index (χ4v) is 2.71. The Balaban J connectivity index is 1.90. The molecule has 6 nitrogen and oxygen atoms in total. The van der Waals surface area contributed by atoms with Crippen molar-refractivity contribution in [3.63, 3.8) is 0 Å². The van der Waals surface area contributed by atoms with E-state index in [1.807, 2.05) is 4.90 Å². The minimum atomic E-state index is -0.539. The number of ketones is 1. The highest BCUT2D eigenvalue weighted by Gasteiger charge is 2.25. The van der Waals surface area contributed by atoms with Gasteiger partial charge in [-0.1, -0.05) is 20.8 Å². The van der Waals surface area contributed by atoms with E-state index in [0.29, 0.717) is 37.4 Å². The van der Waals surface area contributed by atoms with Crippen LogP contribution >= 0.6 is 0 Å². The van der Waals surface area contributed by atoms with Gasteiger partial charge < -0.3 is 15.1 Å². The molecule has 0 bridgehead atoms. The van der Waals surface area contributed by atoms with Crippen LogP contribution in [0.4, 0.5) is 10.1 Å². The van der Waals surface area contributed by atoms with Crippen LogP contribution in [-0.2, 0) is 9.59 Å². The van der Waals surface area contributed by atoms with E-state index in [1.54, 1.807) is 37.8 Å². The van der Waals surface area contributed by atoms with Crippen molar-refractivity contribution in [3.05, 3.63) is 29.6 Å². The molecule has 1 aliphatic rings. The van der Waals surface area contributed by atoms with Crippen molar-refractivity contribution in [2.45, 2.75) is 27.7 Å². The number of halogens is 1. The van der Waals surface area contributed by atoms with E-state index in [9.17, 15) is 18.8 Å². The van der Waals surface area contributed by atoms with Gasteiger partial charge in [0.2, 0.25) is 11.8 Å². The summed E-state index contributed by atoms with van der Waals surface area (Å²) in [6, 6.07) is 4.46. The summed E-state index contributed by atoms with van der Waals surface area (Å²) in [7, 11) is 0. The molecule has 1 saturated heterocycles. The molecular weight excluding hydrogens is 337 g/mol. The molecule has 1 aromatic rings. The zero-order valence-electron chi connectivity index (χ0n) is 15.8. The van der Waals surface area contributed by atoms with Crippen LogP contribution in [-0.4, -0.2) is 55.2 Å². The lowest BCUT2D eigenvalue weighted by Crippen LogP contribution is -2.52. The van der Waals surface area contributed by atoms with E-state index in [1.165, 1.54) is 13.0 Å². The minimum absolute atomic E-state index is 0.0300. The van der Waals surface area contributed by atoms with Gasteiger partial charge in [0.05, 0.1) is 12.2 Å². The summed E-state index contributed by atoms with van der Waals surface area (Å²) in [6.07, 6.45) is 0. The van der Waals surface area contributed by atoms with Crippen molar-refractivity contribution in [1.29, 1.82) is 0 Å². The van der Waals surface area contributed by atoms with Crippen LogP contribution in [0.5, 0.6) is 0 Å². The summed E-state index contributed by atoms with van der Waals surface area (Å²) in [5.74, 6) is -0.926. The molecule has 142 valence electrons. The number of benzene rings is 1. The molecule has 0 unspecified atom stereocenters. The van der Waals surface area contributed by atoms with E-state index in [2.05, 4.69) is 5.32 Å². The van der Waals surface area contributed by atoms with Crippen LogP contribution in [0.15, 0.2) is 18.2 Å². The van der Waals surface area contributed by atoms with Gasteiger partial charge in [-0.2, -0.15) is 0 Å². The number of carbonyl (C=O) groups excluding carboxylic acids is 3. The van der Waals surface area contributed by atoms with E-state index >= 15 is 0 Å². The Morgan fingerprint density at radius 1 is 1.12 bits per heavy atom. The van der Waals surface area contributed by atoms with Crippen LogP contribution in [0.2, 0.25) is 0 Å². The van der Waals surface area contributed by atoms with E-state index in [-0.39, 0.29) is 24.1 Å². The van der Waals surface area contributed by atoms with Crippen molar-refractivity contribution >= 4 is 23.3 Å². The second-order valence-electron chi connectivity index (χ2n) is 7.52. The second kappa shape index (κ2) is 7.85. The monoisotopic (exact) mass is 363 g/mol. The lowest BCUT2D eigenvalue weighted by molar-refractivity contribution is -0.135. The third-order valence-electron chi connectivity index (χ3n) is 4.41. The van der Waals surface area contributed by atoms with Gasteiger partial charge in [0.15, 0.2) is 5.78 Å². The van der Waals surface area contributed by atoms with Crippen LogP contribution in [0, 0.1) is 11.2 Å². The molecule has 0 atom stereocenters. The van der Waals surface area contributed by atoms with Crippen LogP contribution in [0.3, 0.4) is 0 Å². The third-order valence-corrected chi connectivity index (χ3v) is 4.41. The van der Waals surface area contributed by atoms with Gasteiger partial charge in [-0.15, -0.1) is 0 Å². The van der Waals surface area contributed by atoms with Crippen molar-refractivity contribution in [3.8, 4) is 0 Å². The highest BCUT2D eigenvalue weighted by atomic mass is 19.1. The first kappa shape index (κ1) is 19.9. The molecule has 2 rings (SSSR count). The number of carbonyl (C=O) groups is 3. The van der Waals surface area contributed by atoms with Crippen molar-refractivity contribution < 1.29 is 18.8 Å². The van der Waals surface area contributed by atoms with Gasteiger partial charge in [-0.25, -0.2) is 4.39 Å². The van der Waals surface area contributed by atoms with Gasteiger partial charge in [0.25, 0.3) is 0 Å². The Bertz CT molecular complexity index is 704. The summed E-state index contributed by atoms with van der Waals surface area (Å²) in [6.45, 7) is 8.64. The lowest BCUT2D eigenvalue weighted by atomic mass is 9.96. The number of hydrogen-bond acceptors (Lipinski definition) is 4. The van der Waals surface area contributed by atoms with Gasteiger partial charge in [0, 0.05) is 37.2 Å². The smallest absolute Gasteiger partial charge is 0.242 e. The zero-order valence-corrected chi connectivity index (χ0v) is 15.8. The normalized spacial score (nSPS) is 15.0. The summed E-state index contributed by atoms with van der Waals surface area (Å²) >= 11 is 0. The van der Waals surface area contributed by atoms with Gasteiger partial charge in [-0.05, 0) is 25.1 Å². The molecule has 1 aliphatic heterocycles. The molecule has 7 heteroatoms. The maximum Gasteiger partial charge on any atom is 0.242 e. The summed E-state index contributed by atoms with van der Waals surface area (Å²) in [5.41, 5.74) is 0.237. The fourth-order valence-electron chi connectivity index (χ4n) is 2.71. The SMILES string of the molecule is CC(=O)c1ccc(N2CCN(C(=O)CNC(=O)C(C)(C)C)CC2)c(F)c1. The van der Waals surface area contributed by atoms with Crippen molar-refractivity contribution in [1.82, 2.24) is 10.2 Å². The molecular formula is C19H26FN3O3. The number of rotatable bonds is 4. The number of amides is 2. The van der Waals surface area contributed by atoms with Crippen molar-refractivity contribution in [2.75, 3.05) is 37.6 Å². The lowest BCUT2D eigenvalue weighted by Gasteiger charge is -2.36. The molecule has 0 aliphatic carbocycles. The number of nitrogens with one attached hydrogen (secondary N) is 1. The maximum atomic E-state index is 14.3. The Kier molecular flexibility index (Phi) is 6.00. The molecule has 1 aromatic carbocycles. The summed E-state index contributed by atoms with van der Waals surface area (Å²) in [5, 5.41) is 2.65. The zero-order chi connectivity index (χ0) is 19.5. The van der Waals surface area contributed by atoms with E-state index < -0.39 is 11.2 Å². The molecule has 2 amide bonds. The minimum Gasteiger partial charge on any atom is -0.366 e. The largest absolute Gasteiger partial charge is 0.366 e. The first-order valence-corrected chi connectivity index (χ1v) is 8.71. The first-order valence-electron chi connectivity index (χ1n) is 8.71. The van der Waals surface area contributed by atoms with Crippen LogP contribution in [0.25, 0.3) is 0 Å². The van der Waals surface area contributed by atoms with Crippen LogP contribution < -0.4 is 10.2 Å². The molecule has 1 N–H and O–H groups in total. The fraction of sp³-hybridized carbons (Fsp3) is 0.526. The third kappa shape index (κ3) is 4.80. The van der Waals surface area contributed by atoms with E-state index in [4.69, 9.17) is 0 Å². The Labute approximate surface area is 153 Å². The average Bonchev–Trinajstić information content (AvgIpc) is 2.58. The molecule has 0 spiro atoms. The van der Waals surface area contributed by atoms with Crippen LogP contribution in [0.1, 0.15) is 38.1 Å². The maximum absolute atomic E-state index is 14.3. The molecule has 0 saturated carbocycles. The standard InChI is InChI=1S/C19H26FN3O3/c1-13(24)14-5-6-16(15(20)11-14)22-7-9-23(10-8-22)17(25)12-21-18(26)19(2,3)4/h5-6,11H,7-10,12H2,1-4H3,(H,21,26). The highest BCUT2D eigenvalue weighted by Crippen LogP contribution is 2.22. The number of anilines is 1. The van der Waals surface area contributed by atoms with Gasteiger partial charge in [-0.3, -0.25) is 14.4 Å². The van der Waals surface area contributed by atoms with Gasteiger partial charge >= 0.3 is 0 Å².